The van der Waals surface area contributed by atoms with Crippen LogP contribution in [-0.4, -0.2) is 19.5 Å². The minimum atomic E-state index is -4.15. The predicted molar refractivity (Wildman–Crippen MR) is 80.6 cm³/mol. The number of benzene rings is 2. The number of hydrogen-bond acceptors (Lipinski definition) is 3. The molecule has 0 aliphatic carbocycles. The van der Waals surface area contributed by atoms with Crippen molar-refractivity contribution in [3.05, 3.63) is 57.8 Å². The summed E-state index contributed by atoms with van der Waals surface area (Å²) in [5, 5.41) is 8.51. The lowest BCUT2D eigenvalue weighted by molar-refractivity contribution is 0.0697. The molecule has 0 aromatic heterocycles. The molecule has 2 aromatic rings. The van der Waals surface area contributed by atoms with Crippen molar-refractivity contribution in [3.8, 4) is 0 Å². The first-order valence-corrected chi connectivity index (χ1v) is 7.95. The normalized spacial score (nSPS) is 11.2. The fraction of sp³-hybridized carbons (Fsp3) is 0. The fourth-order valence-electron chi connectivity index (χ4n) is 1.64. The number of aromatic carboxylic acids is 1. The van der Waals surface area contributed by atoms with Crippen molar-refractivity contribution < 1.29 is 22.7 Å². The van der Waals surface area contributed by atoms with Crippen LogP contribution in [0.1, 0.15) is 10.4 Å². The largest absolute Gasteiger partial charge is 0.478 e. The summed E-state index contributed by atoms with van der Waals surface area (Å²) in [5.74, 6) is -2.05. The smallest absolute Gasteiger partial charge is 0.337 e. The monoisotopic (exact) mass is 363 g/mol. The molecule has 116 valence electrons. The molecular formula is C13H8Cl2FNO4S. The van der Waals surface area contributed by atoms with E-state index in [2.05, 4.69) is 4.72 Å². The number of rotatable bonds is 4. The molecular weight excluding hydrogens is 356 g/mol. The molecule has 9 heteroatoms. The molecule has 0 spiro atoms. The lowest BCUT2D eigenvalue weighted by Crippen LogP contribution is -2.14. The van der Waals surface area contributed by atoms with Gasteiger partial charge in [-0.05, 0) is 30.3 Å². The molecule has 0 aliphatic rings. The number of carboxylic acid groups (broad SMARTS) is 1. The standard InChI is InChI=1S/C13H8Cl2FNO4S/c14-11-6-9(5-10(12(11)15)13(18)19)22(20,21)17-8-3-1-2-7(16)4-8/h1-6,17H,(H,18,19). The van der Waals surface area contributed by atoms with Gasteiger partial charge >= 0.3 is 5.97 Å². The topological polar surface area (TPSA) is 83.5 Å². The molecule has 0 amide bonds. The van der Waals surface area contributed by atoms with Gasteiger partial charge in [0, 0.05) is 0 Å². The number of halogens is 3. The number of anilines is 1. The Bertz CT molecular complexity index is 855. The van der Waals surface area contributed by atoms with Gasteiger partial charge in [0.05, 0.1) is 26.2 Å². The van der Waals surface area contributed by atoms with Crippen LogP contribution in [0.25, 0.3) is 0 Å². The maximum Gasteiger partial charge on any atom is 0.337 e. The molecule has 0 heterocycles. The Balaban J connectivity index is 2.48. The van der Waals surface area contributed by atoms with Gasteiger partial charge in [-0.15, -0.1) is 0 Å². The Morgan fingerprint density at radius 1 is 1.18 bits per heavy atom. The molecule has 0 bridgehead atoms. The molecule has 0 radical (unpaired) electrons. The van der Waals surface area contributed by atoms with Gasteiger partial charge in [0.2, 0.25) is 0 Å². The van der Waals surface area contributed by atoms with Crippen molar-refractivity contribution in [2.24, 2.45) is 0 Å². The van der Waals surface area contributed by atoms with E-state index in [1.807, 2.05) is 0 Å². The Kier molecular flexibility index (Phi) is 4.60. The molecule has 0 aliphatic heterocycles. The molecule has 0 fully saturated rings. The Labute approximate surface area is 135 Å². The summed E-state index contributed by atoms with van der Waals surface area (Å²) < 4.78 is 39.7. The van der Waals surface area contributed by atoms with Gasteiger partial charge in [-0.25, -0.2) is 17.6 Å². The zero-order chi connectivity index (χ0) is 16.5. The van der Waals surface area contributed by atoms with E-state index in [4.69, 9.17) is 28.3 Å². The van der Waals surface area contributed by atoms with Gasteiger partial charge in [-0.1, -0.05) is 29.3 Å². The zero-order valence-corrected chi connectivity index (χ0v) is 13.0. The van der Waals surface area contributed by atoms with Crippen molar-refractivity contribution >= 4 is 44.9 Å². The van der Waals surface area contributed by atoms with Crippen molar-refractivity contribution in [1.82, 2.24) is 0 Å². The van der Waals surface area contributed by atoms with Gasteiger partial charge in [-0.3, -0.25) is 4.72 Å². The highest BCUT2D eigenvalue weighted by atomic mass is 35.5. The minimum absolute atomic E-state index is 0.0112. The summed E-state index contributed by atoms with van der Waals surface area (Å²) in [7, 11) is -4.15. The quantitative estimate of drug-likeness (QED) is 0.868. The summed E-state index contributed by atoms with van der Waals surface area (Å²) in [5.41, 5.74) is -0.461. The SMILES string of the molecule is O=C(O)c1cc(S(=O)(=O)Nc2cccc(F)c2)cc(Cl)c1Cl. The average Bonchev–Trinajstić information content (AvgIpc) is 2.40. The van der Waals surface area contributed by atoms with Gasteiger partial charge in [0.15, 0.2) is 0 Å². The molecule has 0 unspecified atom stereocenters. The Morgan fingerprint density at radius 3 is 2.45 bits per heavy atom. The van der Waals surface area contributed by atoms with Crippen LogP contribution in [0.15, 0.2) is 41.3 Å². The molecule has 2 N–H and O–H groups in total. The van der Waals surface area contributed by atoms with Gasteiger partial charge in [0.1, 0.15) is 5.82 Å². The molecule has 5 nitrogen and oxygen atoms in total. The van der Waals surface area contributed by atoms with Crippen LogP contribution in [0, 0.1) is 5.82 Å². The first kappa shape index (κ1) is 16.5. The summed E-state index contributed by atoms with van der Waals surface area (Å²) in [6.45, 7) is 0. The van der Waals surface area contributed by atoms with Crippen LogP contribution in [-0.2, 0) is 10.0 Å². The van der Waals surface area contributed by atoms with Gasteiger partial charge < -0.3 is 5.11 Å². The summed E-state index contributed by atoms with van der Waals surface area (Å²) in [6, 6.07) is 6.68. The maximum absolute atomic E-state index is 13.1. The fourth-order valence-corrected chi connectivity index (χ4v) is 3.22. The summed E-state index contributed by atoms with van der Waals surface area (Å²) in [4.78, 5) is 10.6. The number of carbonyl (C=O) groups is 1. The number of sulfonamides is 1. The van der Waals surface area contributed by atoms with Crippen molar-refractivity contribution in [1.29, 1.82) is 0 Å². The van der Waals surface area contributed by atoms with Crippen molar-refractivity contribution in [3.63, 3.8) is 0 Å². The third-order valence-corrected chi connectivity index (χ3v) is 4.78. The lowest BCUT2D eigenvalue weighted by atomic mass is 10.2. The van der Waals surface area contributed by atoms with Crippen LogP contribution < -0.4 is 4.72 Å². The van der Waals surface area contributed by atoms with Crippen LogP contribution in [0.4, 0.5) is 10.1 Å². The van der Waals surface area contributed by atoms with Crippen LogP contribution in [0.3, 0.4) is 0 Å². The van der Waals surface area contributed by atoms with Crippen molar-refractivity contribution in [2.45, 2.75) is 4.90 Å². The number of carboxylic acids is 1. The summed E-state index contributed by atoms with van der Waals surface area (Å²) in [6.07, 6.45) is 0. The second kappa shape index (κ2) is 6.12. The highest BCUT2D eigenvalue weighted by molar-refractivity contribution is 7.92. The predicted octanol–water partition coefficient (Wildman–Crippen LogP) is 3.63. The van der Waals surface area contributed by atoms with Crippen LogP contribution in [0.2, 0.25) is 10.0 Å². The minimum Gasteiger partial charge on any atom is -0.478 e. The highest BCUT2D eigenvalue weighted by Gasteiger charge is 2.21. The molecule has 0 saturated heterocycles. The number of hydrogen-bond donors (Lipinski definition) is 2. The van der Waals surface area contributed by atoms with Crippen LogP contribution in [0.5, 0.6) is 0 Å². The van der Waals surface area contributed by atoms with E-state index < -0.39 is 32.3 Å². The van der Waals surface area contributed by atoms with Crippen LogP contribution >= 0.6 is 23.2 Å². The lowest BCUT2D eigenvalue weighted by Gasteiger charge is -2.10. The second-order valence-corrected chi connectivity index (χ2v) is 6.66. The van der Waals surface area contributed by atoms with E-state index in [1.54, 1.807) is 0 Å². The third-order valence-electron chi connectivity index (χ3n) is 2.62. The first-order valence-electron chi connectivity index (χ1n) is 5.71. The molecule has 2 rings (SSSR count). The second-order valence-electron chi connectivity index (χ2n) is 4.19. The van der Waals surface area contributed by atoms with E-state index in [0.717, 1.165) is 24.3 Å². The molecule has 22 heavy (non-hydrogen) atoms. The zero-order valence-electron chi connectivity index (χ0n) is 10.7. The van der Waals surface area contributed by atoms with Gasteiger partial charge in [0.25, 0.3) is 10.0 Å². The van der Waals surface area contributed by atoms with E-state index in [1.165, 1.54) is 12.1 Å². The summed E-state index contributed by atoms with van der Waals surface area (Å²) >= 11 is 11.5. The van der Waals surface area contributed by atoms with E-state index in [0.29, 0.717) is 0 Å². The van der Waals surface area contributed by atoms with Gasteiger partial charge in [-0.2, -0.15) is 0 Å². The average molecular weight is 364 g/mol. The van der Waals surface area contributed by atoms with E-state index in [-0.39, 0.29) is 15.7 Å². The Hall–Kier alpha value is -1.83. The van der Waals surface area contributed by atoms with E-state index >= 15 is 0 Å². The molecule has 0 saturated carbocycles. The molecule has 0 atom stereocenters. The first-order chi connectivity index (χ1) is 10.2. The number of nitrogens with one attached hydrogen (secondary N) is 1. The molecule has 2 aromatic carbocycles. The third kappa shape index (κ3) is 3.49. The highest BCUT2D eigenvalue weighted by Crippen LogP contribution is 2.30. The maximum atomic E-state index is 13.1. The Morgan fingerprint density at radius 2 is 1.86 bits per heavy atom. The van der Waals surface area contributed by atoms with Crippen molar-refractivity contribution in [2.75, 3.05) is 4.72 Å². The van der Waals surface area contributed by atoms with E-state index in [9.17, 15) is 17.6 Å².